The number of nitrogens with one attached hydrogen (secondary N) is 1. The van der Waals surface area contributed by atoms with Crippen molar-refractivity contribution in [3.63, 3.8) is 0 Å². The summed E-state index contributed by atoms with van der Waals surface area (Å²) >= 11 is 3.45. The summed E-state index contributed by atoms with van der Waals surface area (Å²) in [5.74, 6) is 1.85. The Labute approximate surface area is 118 Å². The van der Waals surface area contributed by atoms with Crippen molar-refractivity contribution in [2.24, 2.45) is 5.41 Å². The van der Waals surface area contributed by atoms with Crippen LogP contribution in [-0.4, -0.2) is 16.0 Å². The van der Waals surface area contributed by atoms with Gasteiger partial charge in [0.25, 0.3) is 0 Å². The largest absolute Gasteiger partial charge is 0.367 e. The molecular formula is C14H22BrN3. The van der Waals surface area contributed by atoms with Crippen molar-refractivity contribution in [2.75, 3.05) is 5.32 Å². The Morgan fingerprint density at radius 2 is 2.22 bits per heavy atom. The third-order valence-electron chi connectivity index (χ3n) is 3.61. The summed E-state index contributed by atoms with van der Waals surface area (Å²) in [6.45, 7) is 6.79. The molecule has 0 aliphatic heterocycles. The van der Waals surface area contributed by atoms with Crippen LogP contribution in [0.1, 0.15) is 52.3 Å². The summed E-state index contributed by atoms with van der Waals surface area (Å²) < 4.78 is 0.868. The zero-order chi connectivity index (χ0) is 13.2. The van der Waals surface area contributed by atoms with Crippen LogP contribution in [0.3, 0.4) is 0 Å². The van der Waals surface area contributed by atoms with Crippen LogP contribution in [0, 0.1) is 5.41 Å². The van der Waals surface area contributed by atoms with Gasteiger partial charge < -0.3 is 5.32 Å². The van der Waals surface area contributed by atoms with Gasteiger partial charge in [-0.3, -0.25) is 0 Å². The molecule has 0 spiro atoms. The first-order chi connectivity index (χ1) is 8.48. The Bertz CT molecular complexity index is 418. The minimum atomic E-state index is 0.452. The third kappa shape index (κ3) is 3.67. The minimum Gasteiger partial charge on any atom is -0.367 e. The lowest BCUT2D eigenvalue weighted by atomic mass is 9.75. The zero-order valence-electron chi connectivity index (χ0n) is 11.5. The highest BCUT2D eigenvalue weighted by Gasteiger charge is 2.28. The first-order valence-electron chi connectivity index (χ1n) is 6.78. The number of anilines is 1. The van der Waals surface area contributed by atoms with E-state index in [0.717, 1.165) is 22.7 Å². The molecule has 0 radical (unpaired) electrons. The van der Waals surface area contributed by atoms with Crippen molar-refractivity contribution in [3.8, 4) is 0 Å². The molecule has 0 amide bonds. The maximum absolute atomic E-state index is 4.54. The fourth-order valence-electron chi connectivity index (χ4n) is 2.73. The Hall–Kier alpha value is -0.640. The van der Waals surface area contributed by atoms with Gasteiger partial charge in [0, 0.05) is 18.5 Å². The van der Waals surface area contributed by atoms with Crippen LogP contribution in [-0.2, 0) is 6.42 Å². The Kier molecular flexibility index (Phi) is 4.25. The summed E-state index contributed by atoms with van der Waals surface area (Å²) in [6.07, 6.45) is 5.96. The number of hydrogen-bond donors (Lipinski definition) is 1. The van der Waals surface area contributed by atoms with E-state index in [9.17, 15) is 0 Å². The predicted molar refractivity (Wildman–Crippen MR) is 78.8 cm³/mol. The number of hydrogen-bond acceptors (Lipinski definition) is 3. The molecule has 4 heteroatoms. The second kappa shape index (κ2) is 5.55. The normalized spacial score (nSPS) is 22.8. The first-order valence-corrected chi connectivity index (χ1v) is 7.58. The number of aromatic nitrogens is 2. The quantitative estimate of drug-likeness (QED) is 0.851. The molecule has 100 valence electrons. The highest BCUT2D eigenvalue weighted by atomic mass is 79.9. The molecule has 1 heterocycles. The Morgan fingerprint density at radius 3 is 2.89 bits per heavy atom. The summed E-state index contributed by atoms with van der Waals surface area (Å²) in [4.78, 5) is 8.88. The lowest BCUT2D eigenvalue weighted by Crippen LogP contribution is -2.32. The van der Waals surface area contributed by atoms with Crippen LogP contribution in [0.15, 0.2) is 10.7 Å². The minimum absolute atomic E-state index is 0.452. The topological polar surface area (TPSA) is 37.8 Å². The van der Waals surface area contributed by atoms with Gasteiger partial charge >= 0.3 is 0 Å². The standard InChI is InChI=1S/C14H22BrN3/c1-4-12-17-11(15)8-13(18-12)16-10-6-5-7-14(2,3)9-10/h8,10H,4-7,9H2,1-3H3,(H,16,17,18). The third-order valence-corrected chi connectivity index (χ3v) is 4.02. The fraction of sp³-hybridized carbons (Fsp3) is 0.714. The number of aryl methyl sites for hydroxylation is 1. The molecule has 3 nitrogen and oxygen atoms in total. The smallest absolute Gasteiger partial charge is 0.131 e. The average Bonchev–Trinajstić information content (AvgIpc) is 2.26. The molecule has 0 bridgehead atoms. The zero-order valence-corrected chi connectivity index (χ0v) is 13.0. The number of rotatable bonds is 3. The maximum Gasteiger partial charge on any atom is 0.131 e. The fourth-order valence-corrected chi connectivity index (χ4v) is 3.15. The van der Waals surface area contributed by atoms with Crippen molar-refractivity contribution in [2.45, 2.75) is 58.9 Å². The molecular weight excluding hydrogens is 290 g/mol. The predicted octanol–water partition coefficient (Wildman–Crippen LogP) is 4.18. The van der Waals surface area contributed by atoms with E-state index < -0.39 is 0 Å². The molecule has 1 N–H and O–H groups in total. The van der Waals surface area contributed by atoms with Gasteiger partial charge in [0.05, 0.1) is 0 Å². The van der Waals surface area contributed by atoms with E-state index in [4.69, 9.17) is 0 Å². The van der Waals surface area contributed by atoms with Gasteiger partial charge in [0.15, 0.2) is 0 Å². The van der Waals surface area contributed by atoms with Gasteiger partial charge in [0.2, 0.25) is 0 Å². The van der Waals surface area contributed by atoms with Crippen LogP contribution < -0.4 is 5.32 Å². The second-order valence-electron chi connectivity index (χ2n) is 5.95. The van der Waals surface area contributed by atoms with Crippen LogP contribution in [0.5, 0.6) is 0 Å². The van der Waals surface area contributed by atoms with Crippen LogP contribution in [0.4, 0.5) is 5.82 Å². The van der Waals surface area contributed by atoms with Crippen LogP contribution in [0.2, 0.25) is 0 Å². The Balaban J connectivity index is 2.07. The summed E-state index contributed by atoms with van der Waals surface area (Å²) in [7, 11) is 0. The molecule has 1 fully saturated rings. The van der Waals surface area contributed by atoms with E-state index in [1.54, 1.807) is 0 Å². The molecule has 2 rings (SSSR count). The van der Waals surface area contributed by atoms with Crippen LogP contribution >= 0.6 is 15.9 Å². The van der Waals surface area contributed by atoms with Gasteiger partial charge in [-0.2, -0.15) is 0 Å². The van der Waals surface area contributed by atoms with Gasteiger partial charge in [-0.25, -0.2) is 9.97 Å². The first kappa shape index (κ1) is 13.8. The molecule has 1 unspecified atom stereocenters. The van der Waals surface area contributed by atoms with Gasteiger partial charge in [0.1, 0.15) is 16.2 Å². The summed E-state index contributed by atoms with van der Waals surface area (Å²) in [5, 5.41) is 3.57. The molecule has 1 aliphatic carbocycles. The lowest BCUT2D eigenvalue weighted by Gasteiger charge is -2.35. The molecule has 0 aromatic carbocycles. The molecule has 1 saturated carbocycles. The maximum atomic E-state index is 4.54. The van der Waals surface area contributed by atoms with E-state index in [1.807, 2.05) is 6.07 Å². The van der Waals surface area contributed by atoms with Gasteiger partial charge in [-0.15, -0.1) is 0 Å². The molecule has 1 aromatic heterocycles. The summed E-state index contributed by atoms with van der Waals surface area (Å²) in [6, 6.07) is 2.51. The van der Waals surface area contributed by atoms with Crippen molar-refractivity contribution in [1.29, 1.82) is 0 Å². The monoisotopic (exact) mass is 311 g/mol. The highest BCUT2D eigenvalue weighted by Crippen LogP contribution is 2.36. The van der Waals surface area contributed by atoms with E-state index in [0.29, 0.717) is 11.5 Å². The van der Waals surface area contributed by atoms with Crippen molar-refractivity contribution in [1.82, 2.24) is 9.97 Å². The molecule has 18 heavy (non-hydrogen) atoms. The van der Waals surface area contributed by atoms with Gasteiger partial charge in [-0.1, -0.05) is 27.2 Å². The van der Waals surface area contributed by atoms with E-state index in [-0.39, 0.29) is 0 Å². The molecule has 1 aliphatic rings. The van der Waals surface area contributed by atoms with Crippen molar-refractivity contribution in [3.05, 3.63) is 16.5 Å². The molecule has 1 atom stereocenters. The molecule has 0 saturated heterocycles. The number of halogens is 1. The number of nitrogens with zero attached hydrogens (tertiary/aromatic N) is 2. The average molecular weight is 312 g/mol. The van der Waals surface area contributed by atoms with E-state index in [2.05, 4.69) is 52.0 Å². The van der Waals surface area contributed by atoms with Crippen molar-refractivity contribution < 1.29 is 0 Å². The second-order valence-corrected chi connectivity index (χ2v) is 6.76. The van der Waals surface area contributed by atoms with Gasteiger partial charge in [-0.05, 0) is 40.6 Å². The van der Waals surface area contributed by atoms with Crippen LogP contribution in [0.25, 0.3) is 0 Å². The Morgan fingerprint density at radius 1 is 1.44 bits per heavy atom. The SMILES string of the molecule is CCc1nc(Br)cc(NC2CCCC(C)(C)C2)n1. The molecule has 1 aromatic rings. The lowest BCUT2D eigenvalue weighted by molar-refractivity contribution is 0.229. The highest BCUT2D eigenvalue weighted by molar-refractivity contribution is 9.10. The van der Waals surface area contributed by atoms with E-state index in [1.165, 1.54) is 25.7 Å². The van der Waals surface area contributed by atoms with Crippen molar-refractivity contribution >= 4 is 21.7 Å². The summed E-state index contributed by atoms with van der Waals surface area (Å²) in [5.41, 5.74) is 0.452. The van der Waals surface area contributed by atoms with E-state index >= 15 is 0 Å².